The number of rotatable bonds is 73. The van der Waals surface area contributed by atoms with Gasteiger partial charge in [-0.05, 0) is 38.5 Å². The molecule has 522 valence electrons. The average molecular weight is 1290 g/mol. The molecule has 0 aromatic carbocycles. The van der Waals surface area contributed by atoms with Gasteiger partial charge in [-0.2, -0.15) is 0 Å². The van der Waals surface area contributed by atoms with Gasteiger partial charge in [0.2, 0.25) is 16.1 Å². The van der Waals surface area contributed by atoms with E-state index in [9.17, 15) is 39.6 Å². The predicted molar refractivity (Wildman–Crippen MR) is 371 cm³/mol. The number of hydrogen-bond acceptors (Lipinski definition) is 12. The molecular weight excluding hydrogens is 1140 g/mol. The van der Waals surface area contributed by atoms with Gasteiger partial charge in [-0.3, -0.25) is 28.3 Å². The van der Waals surface area contributed by atoms with Crippen LogP contribution in [0, 0.1) is 0 Å². The molecular formula is C74H144O12P2. The lowest BCUT2D eigenvalue weighted by Crippen LogP contribution is -2.40. The van der Waals surface area contributed by atoms with E-state index in [1.165, 1.54) is 193 Å². The molecule has 0 saturated carbocycles. The maximum Gasteiger partial charge on any atom is 0.307 e. The minimum absolute atomic E-state index is 0.161. The van der Waals surface area contributed by atoms with Gasteiger partial charge in [0.25, 0.3) is 0 Å². The lowest BCUT2D eigenvalue weighted by atomic mass is 10.0. The first kappa shape index (κ1) is 86.9. The number of carbonyl (C=O) groups is 4. The van der Waals surface area contributed by atoms with Gasteiger partial charge in [0, 0.05) is 45.1 Å². The summed E-state index contributed by atoms with van der Waals surface area (Å²) in [5.41, 5.74) is -2.18. The molecule has 4 atom stereocenters. The molecule has 0 rings (SSSR count). The van der Waals surface area contributed by atoms with Crippen LogP contribution in [0.15, 0.2) is 0 Å². The van der Waals surface area contributed by atoms with E-state index in [1.807, 2.05) is 0 Å². The van der Waals surface area contributed by atoms with Crippen LogP contribution >= 0.6 is 14.7 Å². The quantitative estimate of drug-likeness (QED) is 0.0332. The maximum atomic E-state index is 16.1. The highest BCUT2D eigenvalue weighted by atomic mass is 31.2. The number of ketones is 2. The maximum absolute atomic E-state index is 16.1. The second-order valence-electron chi connectivity index (χ2n) is 26.8. The van der Waals surface area contributed by atoms with E-state index >= 15 is 9.13 Å². The van der Waals surface area contributed by atoms with Gasteiger partial charge in [0.05, 0.1) is 25.4 Å². The highest BCUT2D eigenvalue weighted by molar-refractivity contribution is 7.93. The molecule has 0 fully saturated rings. The van der Waals surface area contributed by atoms with Crippen LogP contribution < -0.4 is 0 Å². The number of carbonyl (C=O) groups excluding carboxylic acids is 4. The predicted octanol–water partition coefficient (Wildman–Crippen LogP) is 22.6. The Labute approximate surface area is 542 Å². The lowest BCUT2D eigenvalue weighted by molar-refractivity contribution is -0.122. The highest BCUT2D eigenvalue weighted by Gasteiger charge is 2.68. The standard InChI is InChI=1S/C74H144O12P2/c1-5-9-13-17-21-25-29-33-37-41-45-49-53-58-68(78)64-70(66-76)85-87(83,72(80)60-55-51-47-43-39-35-31-27-23-19-15-11-7-3)74(82,62-57-63-75)88(84,73(81)61-56-52-48-44-40-36-32-28-24-20-16-12-8-4)86-71(67-77)65-69(79)59-54-50-46-42-38-34-30-26-22-18-14-10-6-2/h70-71,75-77,82H,5-67H2,1-4H3. The van der Waals surface area contributed by atoms with Crippen LogP contribution in [-0.4, -0.2) is 80.2 Å². The van der Waals surface area contributed by atoms with Crippen molar-refractivity contribution in [2.45, 2.75) is 430 Å². The molecule has 12 nitrogen and oxygen atoms in total. The van der Waals surface area contributed by atoms with Crippen molar-refractivity contribution in [1.82, 2.24) is 0 Å². The minimum Gasteiger partial charge on any atom is -0.396 e. The second kappa shape index (κ2) is 62.0. The third-order valence-corrected chi connectivity index (χ3v) is 25.2. The van der Waals surface area contributed by atoms with Gasteiger partial charge >= 0.3 is 14.7 Å². The Morgan fingerprint density at radius 3 is 0.693 bits per heavy atom. The van der Waals surface area contributed by atoms with Crippen molar-refractivity contribution in [3.05, 3.63) is 0 Å². The third kappa shape index (κ3) is 44.5. The minimum atomic E-state index is -5.51. The first-order chi connectivity index (χ1) is 42.8. The van der Waals surface area contributed by atoms with Crippen LogP contribution in [0.1, 0.15) is 413 Å². The summed E-state index contributed by atoms with van der Waals surface area (Å²) in [4.78, 5) is 57.2. The normalized spacial score (nSPS) is 14.6. The molecule has 0 saturated heterocycles. The molecule has 0 aliphatic rings. The van der Waals surface area contributed by atoms with Gasteiger partial charge in [-0.1, -0.05) is 336 Å². The summed E-state index contributed by atoms with van der Waals surface area (Å²) in [6, 6.07) is 0. The summed E-state index contributed by atoms with van der Waals surface area (Å²) >= 11 is 0. The van der Waals surface area contributed by atoms with Gasteiger partial charge in [0.1, 0.15) is 11.6 Å². The van der Waals surface area contributed by atoms with E-state index in [0.717, 1.165) is 103 Å². The fourth-order valence-electron chi connectivity index (χ4n) is 12.4. The Morgan fingerprint density at radius 2 is 0.500 bits per heavy atom. The summed E-state index contributed by atoms with van der Waals surface area (Å²) in [7, 11) is -11.0. The van der Waals surface area contributed by atoms with E-state index in [4.69, 9.17) is 9.05 Å². The van der Waals surface area contributed by atoms with Crippen molar-refractivity contribution in [2.24, 2.45) is 0 Å². The average Bonchev–Trinajstić information content (AvgIpc) is 0.893. The lowest BCUT2D eigenvalue weighted by Gasteiger charge is -2.41. The van der Waals surface area contributed by atoms with Crippen LogP contribution in [0.3, 0.4) is 0 Å². The van der Waals surface area contributed by atoms with Gasteiger partial charge < -0.3 is 29.5 Å². The fourth-order valence-corrected chi connectivity index (χ4v) is 19.1. The van der Waals surface area contributed by atoms with Crippen LogP contribution in [0.25, 0.3) is 0 Å². The van der Waals surface area contributed by atoms with Crippen molar-refractivity contribution < 1.29 is 57.8 Å². The zero-order chi connectivity index (χ0) is 64.9. The summed E-state index contributed by atoms with van der Waals surface area (Å²) in [6.07, 6.45) is 51.1. The van der Waals surface area contributed by atoms with Gasteiger partial charge in [-0.25, -0.2) is 0 Å². The Bertz CT molecular complexity index is 1590. The molecule has 14 heteroatoms. The molecule has 4 unspecified atom stereocenters. The number of hydrogen-bond donors (Lipinski definition) is 4. The topological polar surface area (TPSA) is 202 Å². The van der Waals surface area contributed by atoms with E-state index in [-0.39, 0.29) is 56.5 Å². The Kier molecular flexibility index (Phi) is 61.3. The molecule has 0 aromatic rings. The van der Waals surface area contributed by atoms with Crippen molar-refractivity contribution in [1.29, 1.82) is 0 Å². The first-order valence-corrected chi connectivity index (χ1v) is 41.3. The molecule has 4 N–H and O–H groups in total. The molecule has 0 aliphatic carbocycles. The summed E-state index contributed by atoms with van der Waals surface area (Å²) < 4.78 is 44.7. The molecule has 0 aliphatic heterocycles. The molecule has 88 heavy (non-hydrogen) atoms. The van der Waals surface area contributed by atoms with Crippen molar-refractivity contribution in [2.75, 3.05) is 19.8 Å². The summed E-state index contributed by atoms with van der Waals surface area (Å²) in [5, 5.41) is 42.0. The van der Waals surface area contributed by atoms with E-state index < -0.39 is 82.2 Å². The molecule has 0 aromatic heterocycles. The highest BCUT2D eigenvalue weighted by Crippen LogP contribution is 2.79. The van der Waals surface area contributed by atoms with E-state index in [1.54, 1.807) is 0 Å². The largest absolute Gasteiger partial charge is 0.396 e. The number of aliphatic hydroxyl groups is 4. The second-order valence-corrected chi connectivity index (χ2v) is 32.2. The monoisotopic (exact) mass is 1290 g/mol. The number of Topliss-reactive ketones (excluding diaryl/α,β-unsaturated/α-hetero) is 2. The van der Waals surface area contributed by atoms with Crippen molar-refractivity contribution in [3.8, 4) is 0 Å². The van der Waals surface area contributed by atoms with Crippen LogP contribution in [0.5, 0.6) is 0 Å². The molecule has 0 amide bonds. The fraction of sp³-hybridized carbons (Fsp3) is 0.946. The molecule has 0 heterocycles. The number of unbranched alkanes of at least 4 members (excludes halogenated alkanes) is 48. The Hall–Kier alpha value is -1.10. The van der Waals surface area contributed by atoms with Crippen molar-refractivity contribution >= 4 is 37.4 Å². The van der Waals surface area contributed by atoms with E-state index in [0.29, 0.717) is 25.7 Å². The molecule has 0 bridgehead atoms. The van der Waals surface area contributed by atoms with Crippen LogP contribution in [0.4, 0.5) is 0 Å². The Morgan fingerprint density at radius 1 is 0.307 bits per heavy atom. The Balaban J connectivity index is 6.61. The van der Waals surface area contributed by atoms with Crippen molar-refractivity contribution in [3.63, 3.8) is 0 Å². The first-order valence-electron chi connectivity index (χ1n) is 38.0. The van der Waals surface area contributed by atoms with Gasteiger partial charge in [0.15, 0.2) is 0 Å². The zero-order valence-electron chi connectivity index (χ0n) is 58.2. The third-order valence-electron chi connectivity index (χ3n) is 18.3. The zero-order valence-corrected chi connectivity index (χ0v) is 59.9. The molecule has 0 spiro atoms. The SMILES string of the molecule is CCCCCCCCCCCCCCCC(=O)CC(CO)OP(=O)(C(=O)CCCCCCCCCCCCCCC)C(O)(CCCO)P(=O)(OC(CO)CC(=O)CCCCCCCCCCCCCCC)C(=O)CCCCCCCCCCCCCCC. The summed E-state index contributed by atoms with van der Waals surface area (Å²) in [6.45, 7) is 6.59. The van der Waals surface area contributed by atoms with Gasteiger partial charge in [-0.15, -0.1) is 0 Å². The summed E-state index contributed by atoms with van der Waals surface area (Å²) in [5.74, 6) is -0.589. The van der Waals surface area contributed by atoms with Crippen LogP contribution in [-0.2, 0) is 37.4 Å². The molecule has 0 radical (unpaired) electrons. The number of aliphatic hydroxyl groups excluding tert-OH is 3. The van der Waals surface area contributed by atoms with Crippen LogP contribution in [0.2, 0.25) is 0 Å². The smallest absolute Gasteiger partial charge is 0.307 e. The van der Waals surface area contributed by atoms with E-state index in [2.05, 4.69) is 27.7 Å².